The Balaban J connectivity index is 2.20. The molecule has 2 rings (SSSR count). The van der Waals surface area contributed by atoms with Crippen molar-refractivity contribution in [2.24, 2.45) is 0 Å². The molecule has 0 amide bonds. The van der Waals surface area contributed by atoms with Crippen LogP contribution in [0, 0.1) is 19.7 Å². The van der Waals surface area contributed by atoms with E-state index >= 15 is 0 Å². The van der Waals surface area contributed by atoms with E-state index in [-0.39, 0.29) is 11.2 Å². The first-order valence-electron chi connectivity index (χ1n) is 6.12. The fraction of sp³-hybridized carbons (Fsp3) is 0.250. The maximum Gasteiger partial charge on any atom is 0.129 e. The van der Waals surface area contributed by atoms with Crippen LogP contribution >= 0.6 is 27.5 Å². The van der Waals surface area contributed by atoms with Gasteiger partial charge in [-0.1, -0.05) is 40.2 Å². The number of rotatable bonds is 3. The minimum absolute atomic E-state index is 0.266. The summed E-state index contributed by atoms with van der Waals surface area (Å²) in [6, 6.07) is 11.2. The lowest BCUT2D eigenvalue weighted by Gasteiger charge is -2.12. The molecule has 2 aromatic carbocycles. The summed E-state index contributed by atoms with van der Waals surface area (Å²) in [5.41, 5.74) is 4.16. The Morgan fingerprint density at radius 3 is 2.47 bits per heavy atom. The number of alkyl halides is 1. The van der Waals surface area contributed by atoms with Crippen molar-refractivity contribution in [3.8, 4) is 0 Å². The van der Waals surface area contributed by atoms with Crippen molar-refractivity contribution in [2.75, 3.05) is 0 Å². The Labute approximate surface area is 126 Å². The molecule has 0 bridgehead atoms. The maximum atomic E-state index is 13.8. The van der Waals surface area contributed by atoms with Gasteiger partial charge in [0.1, 0.15) is 5.82 Å². The van der Waals surface area contributed by atoms with Gasteiger partial charge in [-0.25, -0.2) is 4.39 Å². The largest absolute Gasteiger partial charge is 0.207 e. The minimum atomic E-state index is -0.352. The molecule has 0 aliphatic carbocycles. The topological polar surface area (TPSA) is 0 Å². The molecule has 0 saturated heterocycles. The zero-order valence-corrected chi connectivity index (χ0v) is 13.2. The second-order valence-corrected chi connectivity index (χ2v) is 6.20. The second kappa shape index (κ2) is 6.06. The van der Waals surface area contributed by atoms with Crippen molar-refractivity contribution in [3.63, 3.8) is 0 Å². The highest BCUT2D eigenvalue weighted by atomic mass is 79.9. The third-order valence-corrected chi connectivity index (χ3v) is 4.17. The normalized spacial score (nSPS) is 12.5. The number of hydrogen-bond acceptors (Lipinski definition) is 0. The van der Waals surface area contributed by atoms with E-state index in [1.54, 1.807) is 6.07 Å². The molecule has 0 radical (unpaired) electrons. The highest BCUT2D eigenvalue weighted by molar-refractivity contribution is 9.10. The first kappa shape index (κ1) is 14.5. The summed E-state index contributed by atoms with van der Waals surface area (Å²) < 4.78 is 14.6. The van der Waals surface area contributed by atoms with Crippen LogP contribution in [0.25, 0.3) is 0 Å². The molecule has 0 nitrogen and oxygen atoms in total. The fourth-order valence-corrected chi connectivity index (χ4v) is 2.69. The standard InChI is InChI=1S/C16H15BrClF/c1-10-3-4-12(7-11(10)2)8-15(18)14-6-5-13(17)9-16(14)19/h3-7,9,15H,8H2,1-2H3. The molecule has 100 valence electrons. The van der Waals surface area contributed by atoms with Gasteiger partial charge in [0.05, 0.1) is 5.38 Å². The molecular formula is C16H15BrClF. The number of hydrogen-bond donors (Lipinski definition) is 0. The average Bonchev–Trinajstić information content (AvgIpc) is 2.33. The molecule has 19 heavy (non-hydrogen) atoms. The van der Waals surface area contributed by atoms with Crippen LogP contribution in [0.1, 0.15) is 27.6 Å². The van der Waals surface area contributed by atoms with Gasteiger partial charge >= 0.3 is 0 Å². The monoisotopic (exact) mass is 340 g/mol. The summed E-state index contributed by atoms with van der Waals surface area (Å²) in [6.07, 6.45) is 0.626. The maximum absolute atomic E-state index is 13.8. The van der Waals surface area contributed by atoms with E-state index in [0.717, 1.165) is 10.0 Å². The summed E-state index contributed by atoms with van der Waals surface area (Å²) >= 11 is 9.58. The molecule has 2 aromatic rings. The Hall–Kier alpha value is -0.860. The lowest BCUT2D eigenvalue weighted by molar-refractivity contribution is 0.605. The van der Waals surface area contributed by atoms with Gasteiger partial charge in [0.2, 0.25) is 0 Å². The Kier molecular flexibility index (Phi) is 4.64. The van der Waals surface area contributed by atoms with Crippen LogP contribution in [0.4, 0.5) is 4.39 Å². The van der Waals surface area contributed by atoms with Crippen LogP contribution in [0.3, 0.4) is 0 Å². The number of halogens is 3. The smallest absolute Gasteiger partial charge is 0.129 e. The summed E-state index contributed by atoms with van der Waals surface area (Å²) in [7, 11) is 0. The Bertz CT molecular complexity index is 595. The molecule has 0 spiro atoms. The van der Waals surface area contributed by atoms with Crippen molar-refractivity contribution in [2.45, 2.75) is 25.6 Å². The van der Waals surface area contributed by atoms with Gasteiger partial charge in [-0.3, -0.25) is 0 Å². The van der Waals surface area contributed by atoms with Crippen LogP contribution in [-0.2, 0) is 6.42 Å². The fourth-order valence-electron chi connectivity index (χ4n) is 2.00. The molecule has 0 aromatic heterocycles. The van der Waals surface area contributed by atoms with Gasteiger partial charge in [0, 0.05) is 10.0 Å². The van der Waals surface area contributed by atoms with Crippen LogP contribution in [0.5, 0.6) is 0 Å². The molecule has 0 aliphatic rings. The summed E-state index contributed by atoms with van der Waals surface area (Å²) in [5, 5.41) is -0.352. The predicted molar refractivity (Wildman–Crippen MR) is 82.3 cm³/mol. The average molecular weight is 342 g/mol. The van der Waals surface area contributed by atoms with Crippen LogP contribution in [-0.4, -0.2) is 0 Å². The summed E-state index contributed by atoms with van der Waals surface area (Å²) in [6.45, 7) is 4.15. The minimum Gasteiger partial charge on any atom is -0.207 e. The van der Waals surface area contributed by atoms with Gasteiger partial charge in [-0.05, 0) is 49.1 Å². The SMILES string of the molecule is Cc1ccc(CC(Cl)c2ccc(Br)cc2F)cc1C. The highest BCUT2D eigenvalue weighted by Gasteiger charge is 2.14. The molecule has 1 atom stereocenters. The lowest BCUT2D eigenvalue weighted by atomic mass is 10.00. The second-order valence-electron chi connectivity index (χ2n) is 4.76. The highest BCUT2D eigenvalue weighted by Crippen LogP contribution is 2.29. The van der Waals surface area contributed by atoms with E-state index in [1.165, 1.54) is 17.2 Å². The molecular weight excluding hydrogens is 327 g/mol. The quantitative estimate of drug-likeness (QED) is 0.626. The van der Waals surface area contributed by atoms with Gasteiger partial charge < -0.3 is 0 Å². The van der Waals surface area contributed by atoms with Gasteiger partial charge in [0.15, 0.2) is 0 Å². The zero-order valence-electron chi connectivity index (χ0n) is 10.9. The van der Waals surface area contributed by atoms with E-state index in [1.807, 2.05) is 6.07 Å². The van der Waals surface area contributed by atoms with E-state index in [9.17, 15) is 4.39 Å². The van der Waals surface area contributed by atoms with E-state index < -0.39 is 0 Å². The molecule has 0 fully saturated rings. The lowest BCUT2D eigenvalue weighted by Crippen LogP contribution is -2.00. The molecule has 0 aliphatic heterocycles. The van der Waals surface area contributed by atoms with Crippen molar-refractivity contribution < 1.29 is 4.39 Å². The summed E-state index contributed by atoms with van der Waals surface area (Å²) in [4.78, 5) is 0. The van der Waals surface area contributed by atoms with Crippen molar-refractivity contribution >= 4 is 27.5 Å². The van der Waals surface area contributed by atoms with Crippen LogP contribution in [0.2, 0.25) is 0 Å². The first-order chi connectivity index (χ1) is 8.97. The molecule has 0 N–H and O–H groups in total. The van der Waals surface area contributed by atoms with Gasteiger partial charge in [-0.15, -0.1) is 11.6 Å². The van der Waals surface area contributed by atoms with Crippen LogP contribution < -0.4 is 0 Å². The Morgan fingerprint density at radius 1 is 1.11 bits per heavy atom. The first-order valence-corrected chi connectivity index (χ1v) is 7.35. The van der Waals surface area contributed by atoms with E-state index in [2.05, 4.69) is 48.0 Å². The third-order valence-electron chi connectivity index (χ3n) is 3.29. The molecule has 0 saturated carbocycles. The van der Waals surface area contributed by atoms with Gasteiger partial charge in [0.25, 0.3) is 0 Å². The molecule has 0 heterocycles. The molecule has 3 heteroatoms. The predicted octanol–water partition coefficient (Wildman–Crippen LogP) is 5.73. The number of aryl methyl sites for hydroxylation is 2. The van der Waals surface area contributed by atoms with Crippen molar-refractivity contribution in [1.82, 2.24) is 0 Å². The van der Waals surface area contributed by atoms with Crippen molar-refractivity contribution in [1.29, 1.82) is 0 Å². The van der Waals surface area contributed by atoms with Crippen LogP contribution in [0.15, 0.2) is 40.9 Å². The Morgan fingerprint density at radius 2 is 1.84 bits per heavy atom. The van der Waals surface area contributed by atoms with Crippen molar-refractivity contribution in [3.05, 3.63) is 68.9 Å². The summed E-state index contributed by atoms with van der Waals surface area (Å²) in [5.74, 6) is -0.266. The van der Waals surface area contributed by atoms with Gasteiger partial charge in [-0.2, -0.15) is 0 Å². The third kappa shape index (κ3) is 3.58. The zero-order chi connectivity index (χ0) is 14.0. The number of benzene rings is 2. The van der Waals surface area contributed by atoms with E-state index in [0.29, 0.717) is 12.0 Å². The molecule has 1 unspecified atom stereocenters. The van der Waals surface area contributed by atoms with E-state index in [4.69, 9.17) is 11.6 Å².